The first-order valence-corrected chi connectivity index (χ1v) is 6.98. The Hall–Kier alpha value is -1.68. The largest absolute Gasteiger partial charge is 0.378 e. The van der Waals surface area contributed by atoms with Crippen molar-refractivity contribution in [3.63, 3.8) is 0 Å². The minimum Gasteiger partial charge on any atom is -0.378 e. The molecule has 0 saturated carbocycles. The fourth-order valence-electron chi connectivity index (χ4n) is 2.40. The molecule has 0 aliphatic rings. The van der Waals surface area contributed by atoms with Gasteiger partial charge in [0.2, 0.25) is 0 Å². The Morgan fingerprint density at radius 3 is 2.70 bits per heavy atom. The Labute approximate surface area is 119 Å². The molecule has 2 rings (SSSR count). The van der Waals surface area contributed by atoms with Gasteiger partial charge in [-0.05, 0) is 32.9 Å². The van der Waals surface area contributed by atoms with E-state index in [2.05, 4.69) is 16.5 Å². The number of hydrogen-bond acceptors (Lipinski definition) is 3. The Bertz CT molecular complexity index is 614. The molecule has 0 fully saturated rings. The number of hydrogen-bond donors (Lipinski definition) is 0. The van der Waals surface area contributed by atoms with E-state index in [4.69, 9.17) is 4.74 Å². The number of nitrogens with zero attached hydrogens (tertiary/aromatic N) is 2. The first kappa shape index (κ1) is 14.7. The van der Waals surface area contributed by atoms with Crippen LogP contribution in [0.5, 0.6) is 0 Å². The quantitative estimate of drug-likeness (QED) is 0.813. The van der Waals surface area contributed by atoms with E-state index >= 15 is 0 Å². The van der Waals surface area contributed by atoms with Crippen LogP contribution in [-0.4, -0.2) is 28.0 Å². The lowest BCUT2D eigenvalue weighted by Crippen LogP contribution is -2.27. The maximum Gasteiger partial charge on any atom is 0.143 e. The summed E-state index contributed by atoms with van der Waals surface area (Å²) in [5, 5.41) is 0. The number of Topliss-reactive ketones (excluding diaryl/α,β-unsaturated/α-hetero) is 1. The van der Waals surface area contributed by atoms with Crippen LogP contribution in [0.4, 0.5) is 0 Å². The van der Waals surface area contributed by atoms with Gasteiger partial charge in [-0.15, -0.1) is 0 Å². The zero-order chi connectivity index (χ0) is 14.8. The topological polar surface area (TPSA) is 44.1 Å². The van der Waals surface area contributed by atoms with Gasteiger partial charge >= 0.3 is 0 Å². The van der Waals surface area contributed by atoms with E-state index in [1.165, 1.54) is 0 Å². The zero-order valence-electron chi connectivity index (χ0n) is 12.6. The number of fused-ring (bicyclic) bond motifs is 1. The Morgan fingerprint density at radius 1 is 1.35 bits per heavy atom. The summed E-state index contributed by atoms with van der Waals surface area (Å²) in [6.07, 6.45) is 0.756. The first-order chi connectivity index (χ1) is 9.46. The minimum absolute atomic E-state index is 0.154. The van der Waals surface area contributed by atoms with Gasteiger partial charge in [0.05, 0.1) is 23.1 Å². The maximum atomic E-state index is 12.2. The lowest BCUT2D eigenvalue weighted by molar-refractivity contribution is -0.123. The number of ketones is 1. The molecule has 0 aliphatic carbocycles. The molecule has 0 aliphatic heterocycles. The van der Waals surface area contributed by atoms with E-state index in [0.29, 0.717) is 12.8 Å². The molecular formula is C16H22N2O2. The van der Waals surface area contributed by atoms with Crippen molar-refractivity contribution in [1.29, 1.82) is 0 Å². The lowest BCUT2D eigenvalue weighted by Gasteiger charge is -2.21. The SMILES string of the molecule is CCn1c(CC(=O)CC(C)(C)OC)nc2ccccc21. The number of aromatic nitrogens is 2. The Kier molecular flexibility index (Phi) is 4.23. The van der Waals surface area contributed by atoms with Crippen LogP contribution >= 0.6 is 0 Å². The average Bonchev–Trinajstić information content (AvgIpc) is 2.74. The predicted octanol–water partition coefficient (Wildman–Crippen LogP) is 2.98. The van der Waals surface area contributed by atoms with Crippen LogP contribution in [0.25, 0.3) is 11.0 Å². The molecule has 1 aromatic carbocycles. The van der Waals surface area contributed by atoms with Crippen molar-refractivity contribution < 1.29 is 9.53 Å². The summed E-state index contributed by atoms with van der Waals surface area (Å²) in [5.74, 6) is 0.993. The normalized spacial score (nSPS) is 12.0. The number of carbonyl (C=O) groups excluding carboxylic acids is 1. The molecule has 0 unspecified atom stereocenters. The number of rotatable bonds is 6. The van der Waals surface area contributed by atoms with E-state index in [-0.39, 0.29) is 5.78 Å². The van der Waals surface area contributed by atoms with Crippen molar-refractivity contribution in [3.05, 3.63) is 30.1 Å². The highest BCUT2D eigenvalue weighted by atomic mass is 16.5. The van der Waals surface area contributed by atoms with Crippen molar-refractivity contribution in [2.75, 3.05) is 7.11 Å². The van der Waals surface area contributed by atoms with Gasteiger partial charge in [0.15, 0.2) is 0 Å². The molecule has 4 nitrogen and oxygen atoms in total. The van der Waals surface area contributed by atoms with Gasteiger partial charge in [0.25, 0.3) is 0 Å². The summed E-state index contributed by atoms with van der Waals surface area (Å²) in [5.41, 5.74) is 1.62. The molecule has 0 spiro atoms. The van der Waals surface area contributed by atoms with Gasteiger partial charge in [-0.25, -0.2) is 4.98 Å². The van der Waals surface area contributed by atoms with Crippen molar-refractivity contribution in [3.8, 4) is 0 Å². The Morgan fingerprint density at radius 2 is 2.05 bits per heavy atom. The molecule has 1 heterocycles. The van der Waals surface area contributed by atoms with Gasteiger partial charge in [-0.3, -0.25) is 4.79 Å². The van der Waals surface area contributed by atoms with Crippen molar-refractivity contribution in [2.45, 2.75) is 45.8 Å². The van der Waals surface area contributed by atoms with Crippen LogP contribution in [-0.2, 0) is 22.5 Å². The molecule has 0 radical (unpaired) electrons. The highest BCUT2D eigenvalue weighted by Gasteiger charge is 2.22. The van der Waals surface area contributed by atoms with E-state index < -0.39 is 5.60 Å². The maximum absolute atomic E-state index is 12.2. The molecule has 0 N–H and O–H groups in total. The second-order valence-electron chi connectivity index (χ2n) is 5.62. The molecule has 1 aromatic heterocycles. The molecule has 0 atom stereocenters. The summed E-state index contributed by atoms with van der Waals surface area (Å²) in [4.78, 5) is 16.8. The van der Waals surface area contributed by atoms with Crippen LogP contribution in [0.15, 0.2) is 24.3 Å². The fraction of sp³-hybridized carbons (Fsp3) is 0.500. The number of methoxy groups -OCH3 is 1. The van der Waals surface area contributed by atoms with Crippen molar-refractivity contribution in [1.82, 2.24) is 9.55 Å². The monoisotopic (exact) mass is 274 g/mol. The van der Waals surface area contributed by atoms with Crippen LogP contribution in [0, 0.1) is 0 Å². The summed E-state index contributed by atoms with van der Waals surface area (Å²) < 4.78 is 7.42. The molecule has 20 heavy (non-hydrogen) atoms. The smallest absolute Gasteiger partial charge is 0.143 e. The van der Waals surface area contributed by atoms with E-state index in [1.54, 1.807) is 7.11 Å². The Balaban J connectivity index is 2.23. The van der Waals surface area contributed by atoms with Crippen molar-refractivity contribution >= 4 is 16.8 Å². The third kappa shape index (κ3) is 3.07. The highest BCUT2D eigenvalue weighted by molar-refractivity contribution is 5.83. The molecule has 0 saturated heterocycles. The van der Waals surface area contributed by atoms with Gasteiger partial charge in [0.1, 0.15) is 11.6 Å². The fourth-order valence-corrected chi connectivity index (χ4v) is 2.40. The highest BCUT2D eigenvalue weighted by Crippen LogP contribution is 2.19. The van der Waals surface area contributed by atoms with Gasteiger partial charge < -0.3 is 9.30 Å². The second-order valence-corrected chi connectivity index (χ2v) is 5.62. The van der Waals surface area contributed by atoms with Crippen LogP contribution in [0.1, 0.15) is 33.0 Å². The number of aryl methyl sites for hydroxylation is 1. The van der Waals surface area contributed by atoms with Gasteiger partial charge in [-0.1, -0.05) is 12.1 Å². The number of para-hydroxylation sites is 2. The van der Waals surface area contributed by atoms with Gasteiger partial charge in [0, 0.05) is 20.1 Å². The number of ether oxygens (including phenoxy) is 1. The number of benzene rings is 1. The van der Waals surface area contributed by atoms with Crippen LogP contribution in [0.3, 0.4) is 0 Å². The minimum atomic E-state index is -0.417. The molecule has 108 valence electrons. The van der Waals surface area contributed by atoms with Crippen LogP contribution in [0.2, 0.25) is 0 Å². The average molecular weight is 274 g/mol. The molecule has 4 heteroatoms. The van der Waals surface area contributed by atoms with Crippen molar-refractivity contribution in [2.24, 2.45) is 0 Å². The molecular weight excluding hydrogens is 252 g/mol. The second kappa shape index (κ2) is 5.75. The third-order valence-electron chi connectivity index (χ3n) is 3.58. The first-order valence-electron chi connectivity index (χ1n) is 6.98. The van der Waals surface area contributed by atoms with Gasteiger partial charge in [-0.2, -0.15) is 0 Å². The zero-order valence-corrected chi connectivity index (χ0v) is 12.6. The number of carbonyl (C=O) groups is 1. The summed E-state index contributed by atoms with van der Waals surface area (Å²) >= 11 is 0. The summed E-state index contributed by atoms with van der Waals surface area (Å²) in [6, 6.07) is 7.98. The van der Waals surface area contributed by atoms with E-state index in [1.807, 2.05) is 38.1 Å². The number of imidazole rings is 1. The summed E-state index contributed by atoms with van der Waals surface area (Å²) in [6.45, 7) is 6.74. The third-order valence-corrected chi connectivity index (χ3v) is 3.58. The molecule has 2 aromatic rings. The van der Waals surface area contributed by atoms with E-state index in [9.17, 15) is 4.79 Å². The molecule has 0 bridgehead atoms. The summed E-state index contributed by atoms with van der Waals surface area (Å²) in [7, 11) is 1.63. The van der Waals surface area contributed by atoms with E-state index in [0.717, 1.165) is 23.4 Å². The standard InChI is InChI=1S/C16H22N2O2/c1-5-18-14-9-7-6-8-13(14)17-15(18)10-12(19)11-16(2,3)20-4/h6-9H,5,10-11H2,1-4H3. The molecule has 0 amide bonds. The lowest BCUT2D eigenvalue weighted by atomic mass is 10.00. The van der Waals surface area contributed by atoms with Crippen LogP contribution < -0.4 is 0 Å². The predicted molar refractivity (Wildman–Crippen MR) is 79.8 cm³/mol.